The zero-order chi connectivity index (χ0) is 42.8. The van der Waals surface area contributed by atoms with Crippen LogP contribution in [0, 0.1) is 35.5 Å². The van der Waals surface area contributed by atoms with Crippen molar-refractivity contribution in [2.75, 3.05) is 13.2 Å². The summed E-state index contributed by atoms with van der Waals surface area (Å²) >= 11 is 0. The number of carbonyl (C=O) groups excluding carboxylic acids is 2. The van der Waals surface area contributed by atoms with Gasteiger partial charge in [0, 0.05) is 44.1 Å². The normalized spacial score (nSPS) is 42.3. The Morgan fingerprint density at radius 3 is 1.47 bits per heavy atom. The van der Waals surface area contributed by atoms with Crippen molar-refractivity contribution in [3.8, 4) is 0 Å². The smallest absolute Gasteiger partial charge is 0.215 e. The van der Waals surface area contributed by atoms with Crippen LogP contribution in [-0.4, -0.2) is 81.9 Å². The lowest BCUT2D eigenvalue weighted by Gasteiger charge is -2.48. The van der Waals surface area contributed by atoms with Crippen LogP contribution in [0.3, 0.4) is 0 Å². The standard InChI is InChI=1S/C16H22O4.C16H20O4.C16H20O3/c2*1-9-6-16(19-11(9)3)7-10(2)13-5-4-12(8-17)14(18)15(13)20-16;1-9-5-6-13-11(3)8-16(19-15(13)14(9)17)7-10(2)12(4)18-16/h4,10,13-15,17-18H,1,3,5-8H2,2H3;4,10,13,15,17H,1,3,5-8H2,2H3;5,11,13,15H,2,4,6-8H2,1,3H3/t10-,13+,14+,15+,16+;10-,13+,15+,16+;11-,13+,15+,16+/m000/s1. The van der Waals surface area contributed by atoms with Crippen molar-refractivity contribution in [1.29, 1.82) is 0 Å². The van der Waals surface area contributed by atoms with Crippen molar-refractivity contribution in [3.63, 3.8) is 0 Å². The Morgan fingerprint density at radius 1 is 0.610 bits per heavy atom. The summed E-state index contributed by atoms with van der Waals surface area (Å²) in [5.41, 5.74) is 4.47. The second kappa shape index (κ2) is 16.2. The molecule has 0 radical (unpaired) electrons. The van der Waals surface area contributed by atoms with Crippen LogP contribution in [0.4, 0.5) is 0 Å². The molecule has 6 aliphatic heterocycles. The van der Waals surface area contributed by atoms with E-state index in [1.54, 1.807) is 0 Å². The third-order valence-electron chi connectivity index (χ3n) is 14.1. The minimum atomic E-state index is -0.789. The number of allylic oxidation sites excluding steroid dienone is 6. The molecule has 0 aromatic heterocycles. The molecular weight excluding hydrogens is 753 g/mol. The average Bonchev–Trinajstić information content (AvgIpc) is 3.72. The molecule has 9 rings (SSSR count). The molecule has 6 heterocycles. The summed E-state index contributed by atoms with van der Waals surface area (Å²) in [6, 6.07) is 0. The summed E-state index contributed by atoms with van der Waals surface area (Å²) < 4.78 is 35.7. The van der Waals surface area contributed by atoms with Crippen LogP contribution in [0.15, 0.2) is 108 Å². The van der Waals surface area contributed by atoms with E-state index in [2.05, 4.69) is 60.2 Å². The first-order valence-corrected chi connectivity index (χ1v) is 21.1. The highest BCUT2D eigenvalue weighted by Gasteiger charge is 2.56. The first-order chi connectivity index (χ1) is 27.8. The van der Waals surface area contributed by atoms with Gasteiger partial charge in [-0.05, 0) is 89.6 Å². The summed E-state index contributed by atoms with van der Waals surface area (Å²) in [4.78, 5) is 24.7. The van der Waals surface area contributed by atoms with E-state index in [1.165, 1.54) is 0 Å². The fraction of sp³-hybridized carbons (Fsp3) is 0.583. The number of aliphatic hydroxyl groups is 3. The van der Waals surface area contributed by atoms with Gasteiger partial charge in [0.05, 0.1) is 19.3 Å². The van der Waals surface area contributed by atoms with Crippen molar-refractivity contribution < 1.29 is 53.3 Å². The quantitative estimate of drug-likeness (QED) is 0.244. The molecule has 11 nitrogen and oxygen atoms in total. The van der Waals surface area contributed by atoms with Crippen LogP contribution in [0.5, 0.6) is 0 Å². The summed E-state index contributed by atoms with van der Waals surface area (Å²) in [5, 5.41) is 29.0. The highest BCUT2D eigenvalue weighted by atomic mass is 16.7. The Kier molecular flexibility index (Phi) is 11.9. The Hall–Kier alpha value is -3.84. The lowest BCUT2D eigenvalue weighted by Crippen LogP contribution is -2.54. The van der Waals surface area contributed by atoms with Crippen LogP contribution >= 0.6 is 0 Å². The maximum Gasteiger partial charge on any atom is 0.215 e. The monoisotopic (exact) mass is 814 g/mol. The van der Waals surface area contributed by atoms with Crippen molar-refractivity contribution in [2.45, 2.75) is 127 Å². The molecule has 13 atom stereocenters. The Morgan fingerprint density at radius 2 is 1.03 bits per heavy atom. The van der Waals surface area contributed by atoms with Gasteiger partial charge in [0.15, 0.2) is 11.6 Å². The minimum absolute atomic E-state index is 0.105. The van der Waals surface area contributed by atoms with Gasteiger partial charge >= 0.3 is 0 Å². The zero-order valence-corrected chi connectivity index (χ0v) is 35.1. The number of fused-ring (bicyclic) bond motifs is 3. The molecule has 0 unspecified atom stereocenters. The second-order valence-corrected chi connectivity index (χ2v) is 18.4. The van der Waals surface area contributed by atoms with Gasteiger partial charge in [-0.1, -0.05) is 78.5 Å². The van der Waals surface area contributed by atoms with Crippen LogP contribution in [0.1, 0.15) is 85.5 Å². The lowest BCUT2D eigenvalue weighted by molar-refractivity contribution is -0.287. The predicted octanol–water partition coefficient (Wildman–Crippen LogP) is 7.14. The van der Waals surface area contributed by atoms with E-state index in [1.807, 2.05) is 25.2 Å². The summed E-state index contributed by atoms with van der Waals surface area (Å²) in [7, 11) is 0. The summed E-state index contributed by atoms with van der Waals surface area (Å²) in [6.07, 6.45) is 10.5. The summed E-state index contributed by atoms with van der Waals surface area (Å²) in [6.45, 7) is 31.3. The maximum absolute atomic E-state index is 12.4. The topological polar surface area (TPSA) is 150 Å². The molecule has 0 aromatic rings. The largest absolute Gasteiger partial charge is 0.462 e. The van der Waals surface area contributed by atoms with E-state index < -0.39 is 29.6 Å². The highest BCUT2D eigenvalue weighted by Crippen LogP contribution is 2.52. The number of ketones is 2. The van der Waals surface area contributed by atoms with Crippen LogP contribution in [-0.2, 0) is 38.0 Å². The van der Waals surface area contributed by atoms with E-state index in [4.69, 9.17) is 28.4 Å². The first-order valence-electron chi connectivity index (χ1n) is 21.1. The number of carbonyl (C=O) groups is 2. The first kappa shape index (κ1) is 43.3. The number of Topliss-reactive ketones (excluding diaryl/α,β-unsaturated/α-hetero) is 2. The Labute approximate surface area is 348 Å². The van der Waals surface area contributed by atoms with Crippen molar-refractivity contribution >= 4 is 11.6 Å². The average molecular weight is 815 g/mol. The SMILES string of the molecule is C=C1C[C@@]2(C[C@H](C)[C@H]3CC=C(C)C(=O)[C@@H]3O2)OC1=C.C=C1C[C@@]2(C[C@H](C)[C@H]3CC=C(CO)C(=O)[C@@H]3O2)OC1=C.C=C1C[C@@]2(C[C@H](C)[C@H]3CC=C(CO)[C@@H](O)[C@@H]3O2)OC1=C. The number of ether oxygens (including phenoxy) is 6. The fourth-order valence-corrected chi connectivity index (χ4v) is 10.8. The van der Waals surface area contributed by atoms with Gasteiger partial charge in [0.1, 0.15) is 35.6 Å². The van der Waals surface area contributed by atoms with Crippen molar-refractivity contribution in [1.82, 2.24) is 0 Å². The van der Waals surface area contributed by atoms with E-state index in [0.29, 0.717) is 65.4 Å². The molecule has 0 saturated carbocycles. The molecule has 59 heavy (non-hydrogen) atoms. The molecule has 3 N–H and O–H groups in total. The van der Waals surface area contributed by atoms with E-state index in [9.17, 15) is 24.9 Å². The van der Waals surface area contributed by atoms with Crippen molar-refractivity contribution in [2.24, 2.45) is 35.5 Å². The molecular formula is C48H62O11. The molecule has 3 spiro atoms. The molecule has 3 aliphatic carbocycles. The van der Waals surface area contributed by atoms with Gasteiger partial charge in [-0.3, -0.25) is 9.59 Å². The predicted molar refractivity (Wildman–Crippen MR) is 221 cm³/mol. The number of hydrogen-bond acceptors (Lipinski definition) is 11. The Bertz CT molecular complexity index is 1880. The third-order valence-corrected chi connectivity index (χ3v) is 14.1. The van der Waals surface area contributed by atoms with Gasteiger partial charge < -0.3 is 43.7 Å². The van der Waals surface area contributed by atoms with E-state index >= 15 is 0 Å². The van der Waals surface area contributed by atoms with Gasteiger partial charge in [-0.25, -0.2) is 0 Å². The van der Waals surface area contributed by atoms with Crippen molar-refractivity contribution in [3.05, 3.63) is 108 Å². The summed E-state index contributed by atoms with van der Waals surface area (Å²) in [5.74, 6) is 1.28. The number of aliphatic hydroxyl groups excluding tert-OH is 3. The molecule has 320 valence electrons. The maximum atomic E-state index is 12.4. The van der Waals surface area contributed by atoms with E-state index in [0.717, 1.165) is 60.8 Å². The van der Waals surface area contributed by atoms with Crippen LogP contribution in [0.2, 0.25) is 0 Å². The molecule has 9 aliphatic rings. The Balaban J connectivity index is 0.000000134. The molecule has 0 bridgehead atoms. The van der Waals surface area contributed by atoms with Crippen LogP contribution in [0.25, 0.3) is 0 Å². The molecule has 0 aromatic carbocycles. The van der Waals surface area contributed by atoms with E-state index in [-0.39, 0.29) is 54.7 Å². The van der Waals surface area contributed by atoms with Gasteiger partial charge in [-0.2, -0.15) is 0 Å². The number of rotatable bonds is 2. The minimum Gasteiger partial charge on any atom is -0.462 e. The van der Waals surface area contributed by atoms with Gasteiger partial charge in [0.2, 0.25) is 17.4 Å². The third kappa shape index (κ3) is 8.07. The molecule has 6 fully saturated rings. The highest BCUT2D eigenvalue weighted by molar-refractivity contribution is 6.00. The second-order valence-electron chi connectivity index (χ2n) is 18.4. The lowest BCUT2D eigenvalue weighted by atomic mass is 9.72. The molecule has 6 saturated heterocycles. The molecule has 0 amide bonds. The van der Waals surface area contributed by atoms with Gasteiger partial charge in [-0.15, -0.1) is 0 Å². The van der Waals surface area contributed by atoms with Crippen LogP contribution < -0.4 is 0 Å². The zero-order valence-electron chi connectivity index (χ0n) is 35.1. The fourth-order valence-electron chi connectivity index (χ4n) is 10.8. The number of hydrogen-bond donors (Lipinski definition) is 3. The molecule has 11 heteroatoms. The van der Waals surface area contributed by atoms with Gasteiger partial charge in [0.25, 0.3) is 0 Å².